The molecule has 0 aliphatic heterocycles. The van der Waals surface area contributed by atoms with Crippen LogP contribution in [0.2, 0.25) is 0 Å². The number of hydrogen-bond acceptors (Lipinski definition) is 2. The molecule has 0 aliphatic rings. The summed E-state index contributed by atoms with van der Waals surface area (Å²) in [6.45, 7) is 3.90. The molecule has 0 aromatic carbocycles. The minimum Gasteiger partial charge on any atom is -0.252 e. The van der Waals surface area contributed by atoms with Crippen LogP contribution in [0.1, 0.15) is 31.2 Å². The zero-order chi connectivity index (χ0) is 12.7. The van der Waals surface area contributed by atoms with Crippen LogP contribution < -0.4 is 0 Å². The molecule has 0 unspecified atom stereocenters. The minimum absolute atomic E-state index is 0.110. The Hall–Kier alpha value is 0.590. The molecule has 1 heterocycles. The van der Waals surface area contributed by atoms with E-state index in [0.717, 1.165) is 5.69 Å². The molecule has 0 radical (unpaired) electrons. The number of halogens is 5. The van der Waals surface area contributed by atoms with Crippen LogP contribution in [0.3, 0.4) is 0 Å². The van der Waals surface area contributed by atoms with Crippen LogP contribution >= 0.6 is 58.0 Å². The second-order valence-corrected chi connectivity index (χ2v) is 7.28. The van der Waals surface area contributed by atoms with E-state index in [9.17, 15) is 0 Å². The monoisotopic (exact) mass is 323 g/mol. The standard InChI is InChI=1S/C8H10Cl5N3/c1-4(2)5-6(14-15-16(5)3)7(9,10)8(11,12)13/h4H,1-3H3. The lowest BCUT2D eigenvalue weighted by atomic mass is 10.1. The molecule has 0 atom stereocenters. The lowest BCUT2D eigenvalue weighted by Crippen LogP contribution is -2.30. The van der Waals surface area contributed by atoms with Gasteiger partial charge < -0.3 is 0 Å². The Bertz CT molecular complexity index is 380. The first-order valence-electron chi connectivity index (χ1n) is 4.43. The number of nitrogens with zero attached hydrogens (tertiary/aromatic N) is 3. The molecule has 16 heavy (non-hydrogen) atoms. The van der Waals surface area contributed by atoms with E-state index in [4.69, 9.17) is 58.0 Å². The maximum Gasteiger partial charge on any atom is 0.228 e. The van der Waals surface area contributed by atoms with Crippen molar-refractivity contribution in [3.05, 3.63) is 11.4 Å². The summed E-state index contributed by atoms with van der Waals surface area (Å²) in [6.07, 6.45) is 0. The molecular weight excluding hydrogens is 315 g/mol. The Morgan fingerprint density at radius 1 is 1.12 bits per heavy atom. The van der Waals surface area contributed by atoms with Gasteiger partial charge in [0.1, 0.15) is 5.69 Å². The molecule has 0 N–H and O–H groups in total. The number of rotatable bonds is 2. The molecule has 0 fully saturated rings. The quantitative estimate of drug-likeness (QED) is 0.771. The van der Waals surface area contributed by atoms with Crippen LogP contribution in [0.5, 0.6) is 0 Å². The maximum absolute atomic E-state index is 6.05. The normalized spacial score (nSPS) is 13.6. The lowest BCUT2D eigenvalue weighted by Gasteiger charge is -2.26. The van der Waals surface area contributed by atoms with Crippen LogP contribution in [0.15, 0.2) is 0 Å². The van der Waals surface area contributed by atoms with Crippen molar-refractivity contribution < 1.29 is 0 Å². The highest BCUT2D eigenvalue weighted by Gasteiger charge is 2.51. The van der Waals surface area contributed by atoms with E-state index in [0.29, 0.717) is 0 Å². The average molecular weight is 325 g/mol. The summed E-state index contributed by atoms with van der Waals surface area (Å²) in [4.78, 5) is 0. The Kier molecular flexibility index (Phi) is 4.30. The molecule has 1 rings (SSSR count). The molecule has 8 heteroatoms. The van der Waals surface area contributed by atoms with Crippen LogP contribution in [0.25, 0.3) is 0 Å². The number of aromatic nitrogens is 3. The molecular formula is C8H10Cl5N3. The summed E-state index contributed by atoms with van der Waals surface area (Å²) in [5, 5.41) is 7.71. The summed E-state index contributed by atoms with van der Waals surface area (Å²) in [6, 6.07) is 0. The van der Waals surface area contributed by atoms with Crippen LogP contribution in [0, 0.1) is 0 Å². The topological polar surface area (TPSA) is 30.7 Å². The molecule has 0 saturated carbocycles. The summed E-state index contributed by atoms with van der Waals surface area (Å²) in [5.41, 5.74) is 1.00. The van der Waals surface area contributed by atoms with Gasteiger partial charge in [-0.2, -0.15) is 0 Å². The van der Waals surface area contributed by atoms with Crippen molar-refractivity contribution in [3.8, 4) is 0 Å². The first kappa shape index (κ1) is 14.7. The zero-order valence-corrected chi connectivity index (χ0v) is 12.6. The minimum atomic E-state index is -1.88. The number of alkyl halides is 5. The van der Waals surface area contributed by atoms with Crippen molar-refractivity contribution in [2.75, 3.05) is 0 Å². The molecule has 1 aromatic heterocycles. The summed E-state index contributed by atoms with van der Waals surface area (Å²) < 4.78 is -2.04. The van der Waals surface area contributed by atoms with Crippen molar-refractivity contribution in [2.24, 2.45) is 7.05 Å². The second-order valence-electron chi connectivity index (χ2n) is 3.67. The highest BCUT2D eigenvalue weighted by Crippen LogP contribution is 2.53. The van der Waals surface area contributed by atoms with Crippen molar-refractivity contribution in [3.63, 3.8) is 0 Å². The zero-order valence-electron chi connectivity index (χ0n) is 8.81. The van der Waals surface area contributed by atoms with Crippen LogP contribution in [-0.4, -0.2) is 18.8 Å². The SMILES string of the molecule is CC(C)c1c(C(Cl)(Cl)C(Cl)(Cl)Cl)nnn1C. The van der Waals surface area contributed by atoms with E-state index in [-0.39, 0.29) is 11.6 Å². The van der Waals surface area contributed by atoms with Crippen LogP contribution in [0.4, 0.5) is 0 Å². The summed E-state index contributed by atoms with van der Waals surface area (Å²) in [5.74, 6) is 0.110. The summed E-state index contributed by atoms with van der Waals surface area (Å²) in [7, 11) is 1.73. The second kappa shape index (κ2) is 4.69. The predicted octanol–water partition coefficient (Wildman–Crippen LogP) is 3.94. The maximum atomic E-state index is 6.05. The highest BCUT2D eigenvalue weighted by molar-refractivity contribution is 6.75. The van der Waals surface area contributed by atoms with Gasteiger partial charge in [-0.3, -0.25) is 4.68 Å². The summed E-state index contributed by atoms with van der Waals surface area (Å²) >= 11 is 29.3. The third kappa shape index (κ3) is 2.54. The van der Waals surface area contributed by atoms with Gasteiger partial charge in [0.2, 0.25) is 8.13 Å². The first-order valence-corrected chi connectivity index (χ1v) is 6.32. The van der Waals surface area contributed by atoms with E-state index < -0.39 is 8.13 Å². The van der Waals surface area contributed by atoms with Gasteiger partial charge in [-0.25, -0.2) is 0 Å². The molecule has 0 aliphatic carbocycles. The van der Waals surface area contributed by atoms with Crippen molar-refractivity contribution in [1.82, 2.24) is 15.0 Å². The van der Waals surface area contributed by atoms with Gasteiger partial charge in [0.25, 0.3) is 0 Å². The molecule has 0 saturated heterocycles. The van der Waals surface area contributed by atoms with Gasteiger partial charge in [0.15, 0.2) is 0 Å². The van der Waals surface area contributed by atoms with E-state index >= 15 is 0 Å². The average Bonchev–Trinajstić information content (AvgIpc) is 2.45. The van der Waals surface area contributed by atoms with E-state index in [1.807, 2.05) is 13.8 Å². The van der Waals surface area contributed by atoms with Crippen LogP contribution in [-0.2, 0) is 11.4 Å². The fourth-order valence-electron chi connectivity index (χ4n) is 1.37. The molecule has 1 aromatic rings. The third-order valence-corrected chi connectivity index (χ3v) is 4.43. The van der Waals surface area contributed by atoms with Crippen molar-refractivity contribution in [2.45, 2.75) is 27.9 Å². The third-order valence-electron chi connectivity index (χ3n) is 2.07. The first-order chi connectivity index (χ1) is 7.09. The Labute approximate surface area is 119 Å². The lowest BCUT2D eigenvalue weighted by molar-refractivity contribution is 0.646. The Morgan fingerprint density at radius 3 is 2.00 bits per heavy atom. The highest BCUT2D eigenvalue weighted by atomic mass is 35.6. The molecule has 92 valence electrons. The predicted molar refractivity (Wildman–Crippen MR) is 68.8 cm³/mol. The number of aryl methyl sites for hydroxylation is 1. The van der Waals surface area contributed by atoms with E-state index in [1.54, 1.807) is 11.7 Å². The Balaban J connectivity index is 3.34. The van der Waals surface area contributed by atoms with Crippen molar-refractivity contribution in [1.29, 1.82) is 0 Å². The van der Waals surface area contributed by atoms with Gasteiger partial charge >= 0.3 is 0 Å². The Morgan fingerprint density at radius 2 is 1.62 bits per heavy atom. The van der Waals surface area contributed by atoms with Gasteiger partial charge in [0.05, 0.1) is 5.69 Å². The fraction of sp³-hybridized carbons (Fsp3) is 0.750. The molecule has 0 spiro atoms. The largest absolute Gasteiger partial charge is 0.252 e. The smallest absolute Gasteiger partial charge is 0.228 e. The molecule has 0 amide bonds. The molecule has 0 bridgehead atoms. The van der Waals surface area contributed by atoms with Crippen molar-refractivity contribution >= 4 is 58.0 Å². The number of hydrogen-bond donors (Lipinski definition) is 0. The van der Waals surface area contributed by atoms with Gasteiger partial charge in [-0.1, -0.05) is 77.1 Å². The fourth-order valence-corrected chi connectivity index (χ4v) is 1.91. The van der Waals surface area contributed by atoms with E-state index in [2.05, 4.69) is 10.3 Å². The van der Waals surface area contributed by atoms with Gasteiger partial charge in [-0.05, 0) is 5.92 Å². The molecule has 3 nitrogen and oxygen atoms in total. The van der Waals surface area contributed by atoms with Gasteiger partial charge in [-0.15, -0.1) is 5.10 Å². The van der Waals surface area contributed by atoms with Gasteiger partial charge in [0, 0.05) is 7.05 Å². The van der Waals surface area contributed by atoms with E-state index in [1.165, 1.54) is 0 Å².